The number of rotatable bonds is 3. The molecule has 1 aliphatic rings. The van der Waals surface area contributed by atoms with E-state index in [9.17, 15) is 9.90 Å². The topological polar surface area (TPSA) is 75.5 Å². The van der Waals surface area contributed by atoms with Crippen molar-refractivity contribution in [2.75, 3.05) is 25.1 Å². The first-order chi connectivity index (χ1) is 8.08. The van der Waals surface area contributed by atoms with Gasteiger partial charge in [-0.05, 0) is 18.6 Å². The van der Waals surface area contributed by atoms with Crippen LogP contribution in [0.1, 0.15) is 23.8 Å². The van der Waals surface area contributed by atoms with Gasteiger partial charge >= 0.3 is 5.97 Å². The standard InChI is InChI=1S/C11H15N3O3/c1-3-11(16)6-14(7-11)9-5-4-8(12-13-9)10(15)17-2/h4-5,16H,3,6-7H2,1-2H3. The number of hydrogen-bond acceptors (Lipinski definition) is 6. The zero-order chi connectivity index (χ0) is 12.5. The van der Waals surface area contributed by atoms with Crippen molar-refractivity contribution in [1.29, 1.82) is 0 Å². The van der Waals surface area contributed by atoms with Gasteiger partial charge in [-0.3, -0.25) is 0 Å². The molecule has 0 aromatic carbocycles. The Morgan fingerprint density at radius 3 is 2.71 bits per heavy atom. The summed E-state index contributed by atoms with van der Waals surface area (Å²) in [5.41, 5.74) is -0.426. The van der Waals surface area contributed by atoms with Crippen molar-refractivity contribution in [2.45, 2.75) is 18.9 Å². The van der Waals surface area contributed by atoms with Crippen molar-refractivity contribution in [2.24, 2.45) is 0 Å². The van der Waals surface area contributed by atoms with Crippen LogP contribution in [0.2, 0.25) is 0 Å². The lowest BCUT2D eigenvalue weighted by Crippen LogP contribution is -2.61. The zero-order valence-electron chi connectivity index (χ0n) is 9.88. The number of esters is 1. The first-order valence-electron chi connectivity index (χ1n) is 5.47. The highest BCUT2D eigenvalue weighted by atomic mass is 16.5. The number of ether oxygens (including phenoxy) is 1. The average molecular weight is 237 g/mol. The highest BCUT2D eigenvalue weighted by Crippen LogP contribution is 2.27. The van der Waals surface area contributed by atoms with E-state index in [0.29, 0.717) is 18.9 Å². The lowest BCUT2D eigenvalue weighted by Gasteiger charge is -2.46. The first-order valence-corrected chi connectivity index (χ1v) is 5.47. The Morgan fingerprint density at radius 1 is 1.53 bits per heavy atom. The number of carbonyl (C=O) groups excluding carboxylic acids is 1. The first kappa shape index (κ1) is 11.8. The Labute approximate surface area is 99.2 Å². The quantitative estimate of drug-likeness (QED) is 0.758. The molecule has 0 atom stereocenters. The third-order valence-electron chi connectivity index (χ3n) is 3.00. The summed E-state index contributed by atoms with van der Waals surface area (Å²) in [6.45, 7) is 3.05. The molecule has 6 heteroatoms. The summed E-state index contributed by atoms with van der Waals surface area (Å²) >= 11 is 0. The second-order valence-electron chi connectivity index (χ2n) is 4.20. The molecule has 0 saturated carbocycles. The number of anilines is 1. The summed E-state index contributed by atoms with van der Waals surface area (Å²) < 4.78 is 4.53. The van der Waals surface area contributed by atoms with Gasteiger partial charge in [0.25, 0.3) is 0 Å². The minimum atomic E-state index is -0.608. The number of hydrogen-bond donors (Lipinski definition) is 1. The van der Waals surface area contributed by atoms with Gasteiger partial charge in [0.1, 0.15) is 0 Å². The molecule has 0 amide bonds. The van der Waals surface area contributed by atoms with Gasteiger partial charge in [-0.15, -0.1) is 10.2 Å². The molecule has 0 aliphatic carbocycles. The summed E-state index contributed by atoms with van der Waals surface area (Å²) in [5, 5.41) is 17.6. The summed E-state index contributed by atoms with van der Waals surface area (Å²) in [6.07, 6.45) is 0.719. The Morgan fingerprint density at radius 2 is 2.24 bits per heavy atom. The molecule has 1 aromatic heterocycles. The molecule has 0 spiro atoms. The van der Waals surface area contributed by atoms with Gasteiger partial charge in [-0.25, -0.2) is 4.79 Å². The molecular formula is C11H15N3O3. The summed E-state index contributed by atoms with van der Waals surface area (Å²) in [7, 11) is 1.30. The third-order valence-corrected chi connectivity index (χ3v) is 3.00. The number of methoxy groups -OCH3 is 1. The highest BCUT2D eigenvalue weighted by molar-refractivity contribution is 5.87. The van der Waals surface area contributed by atoms with Gasteiger partial charge in [0.15, 0.2) is 11.5 Å². The molecule has 1 fully saturated rings. The summed E-state index contributed by atoms with van der Waals surface area (Å²) in [4.78, 5) is 13.1. The molecule has 1 N–H and O–H groups in total. The fraction of sp³-hybridized carbons (Fsp3) is 0.545. The number of nitrogens with zero attached hydrogens (tertiary/aromatic N) is 3. The molecule has 2 heterocycles. The lowest BCUT2D eigenvalue weighted by atomic mass is 9.91. The smallest absolute Gasteiger partial charge is 0.358 e. The van der Waals surface area contributed by atoms with Gasteiger partial charge in [-0.2, -0.15) is 0 Å². The second-order valence-corrected chi connectivity index (χ2v) is 4.20. The van der Waals surface area contributed by atoms with Crippen LogP contribution in [-0.4, -0.2) is 47.1 Å². The highest BCUT2D eigenvalue weighted by Gasteiger charge is 2.40. The number of aromatic nitrogens is 2. The Hall–Kier alpha value is -1.69. The lowest BCUT2D eigenvalue weighted by molar-refractivity contribution is 0.00794. The summed E-state index contributed by atoms with van der Waals surface area (Å²) in [6, 6.07) is 3.27. The van der Waals surface area contributed by atoms with E-state index in [4.69, 9.17) is 0 Å². The Balaban J connectivity index is 2.03. The van der Waals surface area contributed by atoms with Crippen molar-refractivity contribution in [1.82, 2.24) is 10.2 Å². The van der Waals surface area contributed by atoms with Crippen LogP contribution in [0, 0.1) is 0 Å². The molecule has 0 radical (unpaired) electrons. The Kier molecular flexibility index (Phi) is 2.97. The van der Waals surface area contributed by atoms with Gasteiger partial charge in [0.05, 0.1) is 25.8 Å². The molecule has 1 aromatic rings. The maximum absolute atomic E-state index is 11.1. The fourth-order valence-corrected chi connectivity index (χ4v) is 1.76. The molecule has 6 nitrogen and oxygen atoms in total. The largest absolute Gasteiger partial charge is 0.464 e. The van der Waals surface area contributed by atoms with E-state index in [2.05, 4.69) is 14.9 Å². The van der Waals surface area contributed by atoms with Crippen molar-refractivity contribution in [3.63, 3.8) is 0 Å². The van der Waals surface area contributed by atoms with Crippen molar-refractivity contribution in [3.05, 3.63) is 17.8 Å². The van der Waals surface area contributed by atoms with E-state index < -0.39 is 11.6 Å². The van der Waals surface area contributed by atoms with Gasteiger partial charge in [-0.1, -0.05) is 6.92 Å². The van der Waals surface area contributed by atoms with Gasteiger partial charge in [0.2, 0.25) is 0 Å². The van der Waals surface area contributed by atoms with Gasteiger partial charge in [0, 0.05) is 0 Å². The maximum Gasteiger partial charge on any atom is 0.358 e. The van der Waals surface area contributed by atoms with E-state index in [-0.39, 0.29) is 5.69 Å². The minimum Gasteiger partial charge on any atom is -0.464 e. The Bertz CT molecular complexity index is 412. The van der Waals surface area contributed by atoms with E-state index in [1.165, 1.54) is 7.11 Å². The molecule has 0 unspecified atom stereocenters. The molecule has 92 valence electrons. The van der Waals surface area contributed by atoms with Crippen molar-refractivity contribution < 1.29 is 14.6 Å². The number of β-amino-alcohol motifs (C(OH)–C–C–N with tert-alkyl or cyclic N) is 1. The molecule has 1 aliphatic heterocycles. The molecule has 17 heavy (non-hydrogen) atoms. The number of aliphatic hydroxyl groups is 1. The molecule has 2 rings (SSSR count). The van der Waals surface area contributed by atoms with Crippen LogP contribution in [0.15, 0.2) is 12.1 Å². The third kappa shape index (κ3) is 2.21. The van der Waals surface area contributed by atoms with Crippen LogP contribution in [0.4, 0.5) is 5.82 Å². The van der Waals surface area contributed by atoms with Crippen molar-refractivity contribution in [3.8, 4) is 0 Å². The van der Waals surface area contributed by atoms with Crippen LogP contribution in [0.5, 0.6) is 0 Å². The van der Waals surface area contributed by atoms with Crippen LogP contribution < -0.4 is 4.90 Å². The van der Waals surface area contributed by atoms with E-state index in [1.54, 1.807) is 12.1 Å². The van der Waals surface area contributed by atoms with Crippen molar-refractivity contribution >= 4 is 11.8 Å². The monoisotopic (exact) mass is 237 g/mol. The second kappa shape index (κ2) is 4.29. The van der Waals surface area contributed by atoms with Crippen LogP contribution in [0.25, 0.3) is 0 Å². The molecule has 0 bridgehead atoms. The maximum atomic E-state index is 11.1. The molecular weight excluding hydrogens is 222 g/mol. The average Bonchev–Trinajstić information content (AvgIpc) is 2.34. The fourth-order valence-electron chi connectivity index (χ4n) is 1.76. The summed E-state index contributed by atoms with van der Waals surface area (Å²) in [5.74, 6) is 0.161. The van der Waals surface area contributed by atoms with E-state index in [0.717, 1.165) is 6.42 Å². The number of carbonyl (C=O) groups is 1. The normalized spacial score (nSPS) is 17.5. The predicted molar refractivity (Wildman–Crippen MR) is 60.8 cm³/mol. The zero-order valence-corrected chi connectivity index (χ0v) is 9.88. The SMILES string of the molecule is CCC1(O)CN(c2ccc(C(=O)OC)nn2)C1. The van der Waals surface area contributed by atoms with Crippen LogP contribution >= 0.6 is 0 Å². The predicted octanol–water partition coefficient (Wildman–Crippen LogP) is 0.224. The van der Waals surface area contributed by atoms with E-state index >= 15 is 0 Å². The minimum absolute atomic E-state index is 0.183. The van der Waals surface area contributed by atoms with Crippen LogP contribution in [-0.2, 0) is 4.74 Å². The molecule has 1 saturated heterocycles. The van der Waals surface area contributed by atoms with E-state index in [1.807, 2.05) is 11.8 Å². The van der Waals surface area contributed by atoms with Gasteiger partial charge < -0.3 is 14.7 Å². The van der Waals surface area contributed by atoms with Crippen LogP contribution in [0.3, 0.4) is 0 Å².